The molecule has 0 spiro atoms. The molecule has 1 aliphatic carbocycles. The zero-order valence-corrected chi connectivity index (χ0v) is 9.34. The third-order valence-electron chi connectivity index (χ3n) is 3.24. The van der Waals surface area contributed by atoms with Gasteiger partial charge in [0.15, 0.2) is 0 Å². The topological polar surface area (TPSA) is 20.2 Å². The van der Waals surface area contributed by atoms with Crippen LogP contribution in [0.3, 0.4) is 0 Å². The number of benzene rings is 1. The molecule has 3 heteroatoms. The molecule has 0 bridgehead atoms. The van der Waals surface area contributed by atoms with Crippen LogP contribution in [-0.4, -0.2) is 11.2 Å². The summed E-state index contributed by atoms with van der Waals surface area (Å²) in [5.41, 5.74) is 0.567. The third kappa shape index (κ3) is 2.40. The summed E-state index contributed by atoms with van der Waals surface area (Å²) in [5.74, 6) is -0.620. The van der Waals surface area contributed by atoms with Gasteiger partial charge in [-0.2, -0.15) is 0 Å². The molecule has 1 fully saturated rings. The number of aliphatic hydroxyl groups is 1. The SMILES string of the molecule is Cc1ccc(F)c(CCC(O)C2CC2)c1F. The number of rotatable bonds is 4. The van der Waals surface area contributed by atoms with Crippen LogP contribution < -0.4 is 0 Å². The highest BCUT2D eigenvalue weighted by Gasteiger charge is 2.29. The molecule has 0 heterocycles. The van der Waals surface area contributed by atoms with Crippen molar-refractivity contribution in [3.05, 3.63) is 34.9 Å². The normalized spacial score (nSPS) is 17.5. The predicted molar refractivity (Wildman–Crippen MR) is 58.1 cm³/mol. The molecule has 1 aromatic carbocycles. The van der Waals surface area contributed by atoms with Crippen molar-refractivity contribution in [1.82, 2.24) is 0 Å². The summed E-state index contributed by atoms with van der Waals surface area (Å²) < 4.78 is 27.0. The minimum atomic E-state index is -0.508. The second-order valence-electron chi connectivity index (χ2n) is 4.60. The van der Waals surface area contributed by atoms with Gasteiger partial charge < -0.3 is 5.11 Å². The van der Waals surface area contributed by atoms with Gasteiger partial charge in [0.2, 0.25) is 0 Å². The monoisotopic (exact) mass is 226 g/mol. The molecule has 16 heavy (non-hydrogen) atoms. The molecular weight excluding hydrogens is 210 g/mol. The minimum absolute atomic E-state index is 0.111. The van der Waals surface area contributed by atoms with Gasteiger partial charge in [-0.25, -0.2) is 8.78 Å². The number of aliphatic hydroxyl groups excluding tert-OH is 1. The van der Waals surface area contributed by atoms with E-state index in [0.717, 1.165) is 12.8 Å². The summed E-state index contributed by atoms with van der Waals surface area (Å²) in [6.45, 7) is 1.62. The van der Waals surface area contributed by atoms with Crippen molar-refractivity contribution in [1.29, 1.82) is 0 Å². The molecule has 1 nitrogen and oxygen atoms in total. The highest BCUT2D eigenvalue weighted by Crippen LogP contribution is 2.34. The third-order valence-corrected chi connectivity index (χ3v) is 3.24. The molecule has 1 saturated carbocycles. The summed E-state index contributed by atoms with van der Waals surface area (Å²) in [5, 5.41) is 9.66. The first-order chi connectivity index (χ1) is 7.59. The summed E-state index contributed by atoms with van der Waals surface area (Å²) in [7, 11) is 0. The van der Waals surface area contributed by atoms with Crippen molar-refractivity contribution in [2.24, 2.45) is 5.92 Å². The molecule has 1 atom stereocenters. The molecule has 0 aliphatic heterocycles. The average molecular weight is 226 g/mol. The molecular formula is C13H16F2O. The number of hydrogen-bond donors (Lipinski definition) is 1. The lowest BCUT2D eigenvalue weighted by Crippen LogP contribution is -2.11. The Bertz CT molecular complexity index is 386. The first-order valence-electron chi connectivity index (χ1n) is 5.71. The summed E-state index contributed by atoms with van der Waals surface area (Å²) in [4.78, 5) is 0. The van der Waals surface area contributed by atoms with Gasteiger partial charge in [-0.3, -0.25) is 0 Å². The predicted octanol–water partition coefficient (Wildman–Crippen LogP) is 2.98. The van der Waals surface area contributed by atoms with Crippen LogP contribution in [0.25, 0.3) is 0 Å². The van der Waals surface area contributed by atoms with Crippen LogP contribution in [0.1, 0.15) is 30.4 Å². The maximum Gasteiger partial charge on any atom is 0.132 e. The van der Waals surface area contributed by atoms with Crippen LogP contribution in [0.5, 0.6) is 0 Å². The standard InChI is InChI=1S/C13H16F2O/c1-8-2-6-11(14)10(13(8)15)5-7-12(16)9-3-4-9/h2,6,9,12,16H,3-5,7H2,1H3. The number of hydrogen-bond acceptors (Lipinski definition) is 1. The fourth-order valence-corrected chi connectivity index (χ4v) is 1.95. The van der Waals surface area contributed by atoms with E-state index < -0.39 is 17.7 Å². The first-order valence-corrected chi connectivity index (χ1v) is 5.71. The van der Waals surface area contributed by atoms with Gasteiger partial charge in [-0.05, 0) is 50.2 Å². The molecule has 0 saturated heterocycles. The van der Waals surface area contributed by atoms with Crippen LogP contribution in [0, 0.1) is 24.5 Å². The largest absolute Gasteiger partial charge is 0.393 e. The van der Waals surface area contributed by atoms with Gasteiger partial charge in [0.25, 0.3) is 0 Å². The minimum Gasteiger partial charge on any atom is -0.393 e. The smallest absolute Gasteiger partial charge is 0.132 e. The van der Waals surface area contributed by atoms with Crippen molar-refractivity contribution in [2.75, 3.05) is 0 Å². The quantitative estimate of drug-likeness (QED) is 0.836. The number of aryl methyl sites for hydroxylation is 1. The van der Waals surface area contributed by atoms with Crippen molar-refractivity contribution >= 4 is 0 Å². The Kier molecular flexibility index (Phi) is 3.24. The van der Waals surface area contributed by atoms with Crippen molar-refractivity contribution in [3.8, 4) is 0 Å². The van der Waals surface area contributed by atoms with E-state index in [2.05, 4.69) is 0 Å². The lowest BCUT2D eigenvalue weighted by molar-refractivity contribution is 0.141. The van der Waals surface area contributed by atoms with Gasteiger partial charge in [0.1, 0.15) is 11.6 Å². The first kappa shape index (κ1) is 11.5. The van der Waals surface area contributed by atoms with Crippen molar-refractivity contribution in [3.63, 3.8) is 0 Å². The second kappa shape index (κ2) is 4.50. The molecule has 2 rings (SSSR count). The lowest BCUT2D eigenvalue weighted by atomic mass is 10.0. The van der Waals surface area contributed by atoms with E-state index >= 15 is 0 Å². The molecule has 1 aliphatic rings. The Labute approximate surface area is 94.1 Å². The van der Waals surface area contributed by atoms with Gasteiger partial charge in [-0.1, -0.05) is 6.07 Å². The fraction of sp³-hybridized carbons (Fsp3) is 0.538. The second-order valence-corrected chi connectivity index (χ2v) is 4.60. The van der Waals surface area contributed by atoms with Gasteiger partial charge in [-0.15, -0.1) is 0 Å². The molecule has 0 amide bonds. The van der Waals surface area contributed by atoms with E-state index in [1.54, 1.807) is 6.92 Å². The van der Waals surface area contributed by atoms with Crippen LogP contribution in [0.2, 0.25) is 0 Å². The van der Waals surface area contributed by atoms with Crippen molar-refractivity contribution in [2.45, 2.75) is 38.7 Å². The fourth-order valence-electron chi connectivity index (χ4n) is 1.95. The molecule has 1 unspecified atom stereocenters. The Balaban J connectivity index is 2.05. The Morgan fingerprint density at radius 1 is 1.38 bits per heavy atom. The van der Waals surface area contributed by atoms with Crippen LogP contribution in [0.15, 0.2) is 12.1 Å². The highest BCUT2D eigenvalue weighted by molar-refractivity contribution is 5.26. The molecule has 1 N–H and O–H groups in total. The maximum atomic E-state index is 13.6. The summed E-state index contributed by atoms with van der Waals surface area (Å²) in [6.07, 6.45) is 2.40. The zero-order valence-electron chi connectivity index (χ0n) is 9.34. The maximum absolute atomic E-state index is 13.6. The van der Waals surface area contributed by atoms with E-state index in [0.29, 0.717) is 17.9 Å². The average Bonchev–Trinajstić information content (AvgIpc) is 3.07. The molecule has 0 aromatic heterocycles. The van der Waals surface area contributed by atoms with E-state index in [9.17, 15) is 13.9 Å². The Morgan fingerprint density at radius 2 is 2.06 bits per heavy atom. The van der Waals surface area contributed by atoms with Crippen molar-refractivity contribution < 1.29 is 13.9 Å². The molecule has 0 radical (unpaired) electrons. The number of halogens is 2. The zero-order chi connectivity index (χ0) is 11.7. The van der Waals surface area contributed by atoms with E-state index in [1.165, 1.54) is 12.1 Å². The Hall–Kier alpha value is -0.960. The van der Waals surface area contributed by atoms with E-state index in [-0.39, 0.29) is 12.0 Å². The summed E-state index contributed by atoms with van der Waals surface area (Å²) >= 11 is 0. The highest BCUT2D eigenvalue weighted by atomic mass is 19.1. The van der Waals surface area contributed by atoms with Gasteiger partial charge in [0, 0.05) is 5.56 Å². The lowest BCUT2D eigenvalue weighted by Gasteiger charge is -2.11. The van der Waals surface area contributed by atoms with Crippen LogP contribution in [0.4, 0.5) is 8.78 Å². The van der Waals surface area contributed by atoms with Gasteiger partial charge in [0.05, 0.1) is 6.10 Å². The van der Waals surface area contributed by atoms with Gasteiger partial charge >= 0.3 is 0 Å². The van der Waals surface area contributed by atoms with E-state index in [4.69, 9.17) is 0 Å². The van der Waals surface area contributed by atoms with Crippen LogP contribution >= 0.6 is 0 Å². The van der Waals surface area contributed by atoms with Crippen LogP contribution in [-0.2, 0) is 6.42 Å². The van der Waals surface area contributed by atoms with E-state index in [1.807, 2.05) is 0 Å². The molecule has 1 aromatic rings. The summed E-state index contributed by atoms with van der Waals surface area (Å²) in [6, 6.07) is 2.72. The molecule has 88 valence electrons. The Morgan fingerprint density at radius 3 is 2.69 bits per heavy atom.